The smallest absolute Gasteiger partial charge is 0.242 e. The van der Waals surface area contributed by atoms with E-state index in [2.05, 4.69) is 4.90 Å². The molecule has 1 aliphatic heterocycles. The van der Waals surface area contributed by atoms with Gasteiger partial charge >= 0.3 is 0 Å². The molecule has 0 aromatic carbocycles. The summed E-state index contributed by atoms with van der Waals surface area (Å²) in [6, 6.07) is 0. The zero-order valence-electron chi connectivity index (χ0n) is 12.8. The Morgan fingerprint density at radius 2 is 1.57 bits per heavy atom. The van der Waals surface area contributed by atoms with E-state index in [4.69, 9.17) is 5.73 Å². The van der Waals surface area contributed by atoms with Crippen molar-refractivity contribution in [1.29, 1.82) is 0 Å². The third kappa shape index (κ3) is 4.72. The van der Waals surface area contributed by atoms with Gasteiger partial charge in [0.1, 0.15) is 0 Å². The number of halogens is 2. The van der Waals surface area contributed by atoms with Crippen LogP contribution in [0.15, 0.2) is 0 Å². The minimum atomic E-state index is -0.545. The first kappa shape index (κ1) is 19.0. The number of carbonyl (C=O) groups is 1. The summed E-state index contributed by atoms with van der Waals surface area (Å²) >= 11 is 0. The van der Waals surface area contributed by atoms with E-state index in [9.17, 15) is 4.79 Å². The number of hydrogen-bond donors (Lipinski definition) is 1. The Balaban J connectivity index is 0.00000110. The Morgan fingerprint density at radius 1 is 1.00 bits per heavy atom. The van der Waals surface area contributed by atoms with Crippen LogP contribution in [0.4, 0.5) is 0 Å². The SMILES string of the molecule is Cl.Cl.NC1(C(=O)N2CCN(CC3CC3)CC2)CCCCC1. The second-order valence-electron chi connectivity index (χ2n) is 6.75. The Morgan fingerprint density at radius 3 is 2.10 bits per heavy atom. The normalized spacial score (nSPS) is 25.7. The molecule has 6 heteroatoms. The van der Waals surface area contributed by atoms with E-state index >= 15 is 0 Å². The number of carbonyl (C=O) groups excluding carboxylic acids is 1. The maximum Gasteiger partial charge on any atom is 0.242 e. The van der Waals surface area contributed by atoms with E-state index in [0.717, 1.165) is 57.8 Å². The molecule has 1 amide bonds. The molecule has 3 aliphatic rings. The molecule has 3 rings (SSSR count). The van der Waals surface area contributed by atoms with Crippen molar-refractivity contribution in [3.05, 3.63) is 0 Å². The third-order valence-corrected chi connectivity index (χ3v) is 5.04. The van der Waals surface area contributed by atoms with Crippen molar-refractivity contribution in [3.8, 4) is 0 Å². The third-order valence-electron chi connectivity index (χ3n) is 5.04. The summed E-state index contributed by atoms with van der Waals surface area (Å²) in [5.74, 6) is 1.17. The Kier molecular flexibility index (Phi) is 7.25. The molecule has 2 aliphatic carbocycles. The van der Waals surface area contributed by atoms with Crippen LogP contribution in [-0.4, -0.2) is 54.0 Å². The topological polar surface area (TPSA) is 49.6 Å². The van der Waals surface area contributed by atoms with Crippen LogP contribution >= 0.6 is 24.8 Å². The summed E-state index contributed by atoms with van der Waals surface area (Å²) in [6.07, 6.45) is 8.05. The van der Waals surface area contributed by atoms with Gasteiger partial charge in [-0.3, -0.25) is 9.69 Å². The molecule has 0 aromatic heterocycles. The molecule has 0 spiro atoms. The Bertz CT molecular complexity index is 336. The molecule has 124 valence electrons. The van der Waals surface area contributed by atoms with Gasteiger partial charge in [0.25, 0.3) is 0 Å². The van der Waals surface area contributed by atoms with Gasteiger partial charge in [0.05, 0.1) is 5.54 Å². The van der Waals surface area contributed by atoms with Gasteiger partial charge in [-0.1, -0.05) is 19.3 Å². The van der Waals surface area contributed by atoms with Crippen LogP contribution in [-0.2, 0) is 4.79 Å². The van der Waals surface area contributed by atoms with Gasteiger partial charge in [0.15, 0.2) is 0 Å². The lowest BCUT2D eigenvalue weighted by atomic mass is 9.81. The highest BCUT2D eigenvalue weighted by molar-refractivity contribution is 5.86. The minimum absolute atomic E-state index is 0. The van der Waals surface area contributed by atoms with E-state index in [1.54, 1.807) is 0 Å². The summed E-state index contributed by atoms with van der Waals surface area (Å²) in [5, 5.41) is 0. The van der Waals surface area contributed by atoms with E-state index in [1.807, 2.05) is 4.90 Å². The van der Waals surface area contributed by atoms with Crippen molar-refractivity contribution >= 4 is 30.7 Å². The number of hydrogen-bond acceptors (Lipinski definition) is 3. The maximum atomic E-state index is 12.6. The largest absolute Gasteiger partial charge is 0.339 e. The second-order valence-corrected chi connectivity index (χ2v) is 6.75. The molecule has 0 radical (unpaired) electrons. The van der Waals surface area contributed by atoms with E-state index < -0.39 is 5.54 Å². The fraction of sp³-hybridized carbons (Fsp3) is 0.933. The van der Waals surface area contributed by atoms with Crippen LogP contribution in [0.5, 0.6) is 0 Å². The van der Waals surface area contributed by atoms with Crippen molar-refractivity contribution in [3.63, 3.8) is 0 Å². The molecule has 0 unspecified atom stereocenters. The highest BCUT2D eigenvalue weighted by Crippen LogP contribution is 2.31. The second kappa shape index (κ2) is 8.00. The highest BCUT2D eigenvalue weighted by atomic mass is 35.5. The maximum absolute atomic E-state index is 12.6. The van der Waals surface area contributed by atoms with E-state index in [-0.39, 0.29) is 30.7 Å². The monoisotopic (exact) mass is 337 g/mol. The first-order chi connectivity index (χ1) is 9.17. The fourth-order valence-corrected chi connectivity index (χ4v) is 3.51. The van der Waals surface area contributed by atoms with Crippen LogP contribution in [0, 0.1) is 5.92 Å². The Hall–Kier alpha value is -0.0300. The van der Waals surface area contributed by atoms with E-state index in [1.165, 1.54) is 25.8 Å². The minimum Gasteiger partial charge on any atom is -0.339 e. The average Bonchev–Trinajstić information content (AvgIpc) is 3.24. The van der Waals surface area contributed by atoms with Crippen LogP contribution in [0.1, 0.15) is 44.9 Å². The molecule has 2 N–H and O–H groups in total. The molecule has 1 saturated heterocycles. The molecule has 1 heterocycles. The van der Waals surface area contributed by atoms with Crippen LogP contribution in [0.3, 0.4) is 0 Å². The molecule has 0 bridgehead atoms. The molecule has 21 heavy (non-hydrogen) atoms. The van der Waals surface area contributed by atoms with E-state index in [0.29, 0.717) is 0 Å². The summed E-state index contributed by atoms with van der Waals surface area (Å²) in [7, 11) is 0. The number of rotatable bonds is 3. The van der Waals surface area contributed by atoms with Crippen LogP contribution < -0.4 is 5.73 Å². The van der Waals surface area contributed by atoms with Crippen molar-refractivity contribution in [2.75, 3.05) is 32.7 Å². The lowest BCUT2D eigenvalue weighted by Gasteiger charge is -2.41. The van der Waals surface area contributed by atoms with Crippen LogP contribution in [0.25, 0.3) is 0 Å². The van der Waals surface area contributed by atoms with Gasteiger partial charge in [-0.05, 0) is 31.6 Å². The van der Waals surface area contributed by atoms with Gasteiger partial charge in [-0.2, -0.15) is 0 Å². The molecule has 0 atom stereocenters. The molecule has 4 nitrogen and oxygen atoms in total. The molecular formula is C15H29Cl2N3O. The quantitative estimate of drug-likeness (QED) is 0.857. The summed E-state index contributed by atoms with van der Waals surface area (Å²) in [4.78, 5) is 17.1. The van der Waals surface area contributed by atoms with Crippen LogP contribution in [0.2, 0.25) is 0 Å². The predicted molar refractivity (Wildman–Crippen MR) is 90.2 cm³/mol. The highest BCUT2D eigenvalue weighted by Gasteiger charge is 2.39. The predicted octanol–water partition coefficient (Wildman–Crippen LogP) is 2.05. The van der Waals surface area contributed by atoms with Crippen molar-refractivity contribution in [2.24, 2.45) is 11.7 Å². The Labute approximate surface area is 140 Å². The van der Waals surface area contributed by atoms with Gasteiger partial charge in [-0.25, -0.2) is 0 Å². The number of amides is 1. The zero-order chi connectivity index (χ0) is 13.3. The standard InChI is InChI=1S/C15H27N3O.2ClH/c16-15(6-2-1-3-7-15)14(19)18-10-8-17(9-11-18)12-13-4-5-13;;/h13H,1-12,16H2;2*1H. The van der Waals surface area contributed by atoms with Crippen molar-refractivity contribution in [2.45, 2.75) is 50.5 Å². The molecule has 3 fully saturated rings. The lowest BCUT2D eigenvalue weighted by Crippen LogP contribution is -2.60. The fourth-order valence-electron chi connectivity index (χ4n) is 3.51. The van der Waals surface area contributed by atoms with Crippen molar-refractivity contribution < 1.29 is 4.79 Å². The molecule has 0 aromatic rings. The van der Waals surface area contributed by atoms with Crippen molar-refractivity contribution in [1.82, 2.24) is 9.80 Å². The summed E-state index contributed by atoms with van der Waals surface area (Å²) in [5.41, 5.74) is 5.81. The first-order valence-electron chi connectivity index (χ1n) is 7.98. The molecule has 2 saturated carbocycles. The number of nitrogens with two attached hydrogens (primary N) is 1. The lowest BCUT2D eigenvalue weighted by molar-refractivity contribution is -0.140. The summed E-state index contributed by atoms with van der Waals surface area (Å²) < 4.78 is 0. The van der Waals surface area contributed by atoms with Gasteiger partial charge in [-0.15, -0.1) is 24.8 Å². The van der Waals surface area contributed by atoms with Gasteiger partial charge in [0.2, 0.25) is 5.91 Å². The van der Waals surface area contributed by atoms with Gasteiger partial charge in [0, 0.05) is 32.7 Å². The number of piperazine rings is 1. The summed E-state index contributed by atoms with van der Waals surface area (Å²) in [6.45, 7) is 5.08. The average molecular weight is 338 g/mol. The first-order valence-corrected chi connectivity index (χ1v) is 7.98. The zero-order valence-corrected chi connectivity index (χ0v) is 14.4. The number of nitrogens with zero attached hydrogens (tertiary/aromatic N) is 2. The molecular weight excluding hydrogens is 309 g/mol. The van der Waals surface area contributed by atoms with Gasteiger partial charge < -0.3 is 10.6 Å².